The smallest absolute Gasteiger partial charge is 0.339 e. The van der Waals surface area contributed by atoms with Crippen molar-refractivity contribution in [3.05, 3.63) is 35.9 Å². The number of carboxylic acid groups (broad SMARTS) is 3. The number of carbonyl (C=O) groups excluding carboxylic acids is 1. The lowest BCUT2D eigenvalue weighted by atomic mass is 9.90. The number of aliphatic hydroxyl groups is 1. The van der Waals surface area contributed by atoms with E-state index in [1.165, 1.54) is 24.3 Å². The van der Waals surface area contributed by atoms with E-state index in [4.69, 9.17) is 15.3 Å². The van der Waals surface area contributed by atoms with Crippen LogP contribution in [0.15, 0.2) is 30.3 Å². The van der Waals surface area contributed by atoms with Crippen LogP contribution in [0.1, 0.15) is 16.8 Å². The van der Waals surface area contributed by atoms with Crippen molar-refractivity contribution in [3.63, 3.8) is 0 Å². The topological polar surface area (TPSA) is 161 Å². The molecule has 0 bridgehead atoms. The van der Waals surface area contributed by atoms with Gasteiger partial charge in [0.1, 0.15) is 0 Å². The fourth-order valence-electron chi connectivity index (χ4n) is 1.72. The molecule has 1 rings (SSSR count). The molecule has 2 unspecified atom stereocenters. The fraction of sp³-hybridized carbons (Fsp3) is 0.231. The number of hydrogen-bond donors (Lipinski definition) is 5. The Morgan fingerprint density at radius 1 is 1.05 bits per heavy atom. The van der Waals surface area contributed by atoms with Gasteiger partial charge in [0.15, 0.2) is 6.04 Å². The average Bonchev–Trinajstić information content (AvgIpc) is 2.43. The van der Waals surface area contributed by atoms with E-state index in [0.29, 0.717) is 0 Å². The average molecular weight is 311 g/mol. The standard InChI is InChI=1S/C13H13NO8/c15-8(16)6-13(22,12(20)21)9(11(18)19)14-10(17)7-4-2-1-3-5-7/h1-5,9,22H,6H2,(H,14,17)(H,15,16)(H,18,19)(H,20,21). The van der Waals surface area contributed by atoms with Gasteiger partial charge in [0, 0.05) is 5.56 Å². The molecule has 0 spiro atoms. The highest BCUT2D eigenvalue weighted by Gasteiger charge is 2.51. The monoisotopic (exact) mass is 311 g/mol. The van der Waals surface area contributed by atoms with E-state index in [-0.39, 0.29) is 5.56 Å². The van der Waals surface area contributed by atoms with Gasteiger partial charge in [-0.15, -0.1) is 0 Å². The normalized spacial score (nSPS) is 14.4. The molecule has 0 aromatic heterocycles. The summed E-state index contributed by atoms with van der Waals surface area (Å²) in [5.74, 6) is -6.64. The highest BCUT2D eigenvalue weighted by Crippen LogP contribution is 2.18. The van der Waals surface area contributed by atoms with Gasteiger partial charge < -0.3 is 25.7 Å². The van der Waals surface area contributed by atoms with E-state index in [1.54, 1.807) is 6.07 Å². The molecule has 1 aromatic carbocycles. The maximum absolute atomic E-state index is 11.9. The molecular formula is C13H13NO8. The van der Waals surface area contributed by atoms with Crippen molar-refractivity contribution >= 4 is 23.8 Å². The third-order valence-electron chi connectivity index (χ3n) is 2.83. The highest BCUT2D eigenvalue weighted by atomic mass is 16.4. The molecule has 22 heavy (non-hydrogen) atoms. The summed E-state index contributed by atoms with van der Waals surface area (Å²) in [5.41, 5.74) is -3.17. The molecule has 0 aliphatic heterocycles. The van der Waals surface area contributed by atoms with Crippen LogP contribution >= 0.6 is 0 Å². The highest BCUT2D eigenvalue weighted by molar-refractivity contribution is 5.99. The minimum Gasteiger partial charge on any atom is -0.481 e. The summed E-state index contributed by atoms with van der Waals surface area (Å²) in [4.78, 5) is 44.8. The Morgan fingerprint density at radius 2 is 1.59 bits per heavy atom. The van der Waals surface area contributed by atoms with Gasteiger partial charge in [-0.3, -0.25) is 9.59 Å². The van der Waals surface area contributed by atoms with Gasteiger partial charge in [0.25, 0.3) is 5.91 Å². The van der Waals surface area contributed by atoms with Crippen molar-refractivity contribution in [1.29, 1.82) is 0 Å². The third-order valence-corrected chi connectivity index (χ3v) is 2.83. The Hall–Kier alpha value is -2.94. The second-order valence-corrected chi connectivity index (χ2v) is 4.41. The lowest BCUT2D eigenvalue weighted by Crippen LogP contribution is -2.62. The molecule has 0 fully saturated rings. The molecule has 1 amide bonds. The Morgan fingerprint density at radius 3 is 2.00 bits per heavy atom. The molecule has 0 radical (unpaired) electrons. The summed E-state index contributed by atoms with van der Waals surface area (Å²) in [6, 6.07) is 4.92. The molecule has 118 valence electrons. The Labute approximate surface area is 123 Å². The molecule has 2 atom stereocenters. The SMILES string of the molecule is O=C(O)CC(O)(C(=O)O)C(NC(=O)c1ccccc1)C(=O)O. The van der Waals surface area contributed by atoms with Crippen LogP contribution in [-0.2, 0) is 14.4 Å². The molecule has 5 N–H and O–H groups in total. The summed E-state index contributed by atoms with van der Waals surface area (Å²) in [6.45, 7) is 0. The summed E-state index contributed by atoms with van der Waals surface area (Å²) < 4.78 is 0. The molecule has 9 nitrogen and oxygen atoms in total. The van der Waals surface area contributed by atoms with Crippen LogP contribution in [-0.4, -0.2) is 55.9 Å². The van der Waals surface area contributed by atoms with Crippen molar-refractivity contribution in [1.82, 2.24) is 5.32 Å². The molecule has 0 saturated carbocycles. The lowest BCUT2D eigenvalue weighted by molar-refractivity contribution is -0.174. The molecule has 0 heterocycles. The number of nitrogens with one attached hydrogen (secondary N) is 1. The van der Waals surface area contributed by atoms with E-state index in [0.717, 1.165) is 0 Å². The number of benzene rings is 1. The number of amides is 1. The molecule has 0 saturated heterocycles. The van der Waals surface area contributed by atoms with Crippen molar-refractivity contribution < 1.29 is 39.6 Å². The zero-order valence-corrected chi connectivity index (χ0v) is 11.1. The summed E-state index contributed by atoms with van der Waals surface area (Å²) >= 11 is 0. The van der Waals surface area contributed by atoms with Gasteiger partial charge in [-0.1, -0.05) is 18.2 Å². The molecule has 1 aromatic rings. The zero-order valence-electron chi connectivity index (χ0n) is 11.1. The van der Waals surface area contributed by atoms with Gasteiger partial charge in [0.05, 0.1) is 6.42 Å². The number of rotatable bonds is 7. The summed E-state index contributed by atoms with van der Waals surface area (Å²) in [5, 5.41) is 38.4. The summed E-state index contributed by atoms with van der Waals surface area (Å²) in [6.07, 6.45) is -1.39. The first-order chi connectivity index (χ1) is 10.2. The number of carbonyl (C=O) groups is 4. The number of carboxylic acids is 3. The van der Waals surface area contributed by atoms with Crippen LogP contribution in [0.25, 0.3) is 0 Å². The van der Waals surface area contributed by atoms with E-state index in [9.17, 15) is 24.3 Å². The minimum absolute atomic E-state index is 0.0248. The molecule has 0 aliphatic carbocycles. The van der Waals surface area contributed by atoms with E-state index in [1.807, 2.05) is 5.32 Å². The van der Waals surface area contributed by atoms with E-state index in [2.05, 4.69) is 0 Å². The number of hydrogen-bond acceptors (Lipinski definition) is 5. The maximum atomic E-state index is 11.9. The van der Waals surface area contributed by atoms with Gasteiger partial charge in [-0.05, 0) is 12.1 Å². The maximum Gasteiger partial charge on any atom is 0.339 e. The van der Waals surface area contributed by atoms with Crippen molar-refractivity contribution in [3.8, 4) is 0 Å². The first-order valence-corrected chi connectivity index (χ1v) is 5.94. The van der Waals surface area contributed by atoms with Crippen LogP contribution in [0.4, 0.5) is 0 Å². The van der Waals surface area contributed by atoms with Gasteiger partial charge in [-0.25, -0.2) is 9.59 Å². The van der Waals surface area contributed by atoms with Gasteiger partial charge in [-0.2, -0.15) is 0 Å². The summed E-state index contributed by atoms with van der Waals surface area (Å²) in [7, 11) is 0. The van der Waals surface area contributed by atoms with Crippen molar-refractivity contribution in [2.45, 2.75) is 18.1 Å². The third kappa shape index (κ3) is 3.79. The first-order valence-electron chi connectivity index (χ1n) is 5.94. The van der Waals surface area contributed by atoms with Crippen LogP contribution in [0.3, 0.4) is 0 Å². The van der Waals surface area contributed by atoms with Crippen LogP contribution in [0.5, 0.6) is 0 Å². The fourth-order valence-corrected chi connectivity index (χ4v) is 1.72. The number of aliphatic carboxylic acids is 3. The Bertz CT molecular complexity index is 599. The molecule has 0 aliphatic rings. The van der Waals surface area contributed by atoms with Gasteiger partial charge in [0.2, 0.25) is 5.60 Å². The largest absolute Gasteiger partial charge is 0.481 e. The zero-order chi connectivity index (χ0) is 16.9. The predicted molar refractivity (Wildman–Crippen MR) is 70.2 cm³/mol. The quantitative estimate of drug-likeness (QED) is 0.435. The van der Waals surface area contributed by atoms with Crippen LogP contribution in [0, 0.1) is 0 Å². The Balaban J connectivity index is 3.11. The van der Waals surface area contributed by atoms with E-state index >= 15 is 0 Å². The second kappa shape index (κ2) is 6.68. The van der Waals surface area contributed by atoms with E-state index < -0.39 is 41.9 Å². The van der Waals surface area contributed by atoms with Gasteiger partial charge >= 0.3 is 17.9 Å². The minimum atomic E-state index is -3.19. The predicted octanol–water partition coefficient (Wildman–Crippen LogP) is -0.840. The van der Waals surface area contributed by atoms with Crippen LogP contribution < -0.4 is 5.32 Å². The first kappa shape index (κ1) is 17.1. The van der Waals surface area contributed by atoms with Crippen LogP contribution in [0.2, 0.25) is 0 Å². The Kier molecular flexibility index (Phi) is 5.19. The lowest BCUT2D eigenvalue weighted by Gasteiger charge is -2.28. The van der Waals surface area contributed by atoms with Crippen molar-refractivity contribution in [2.24, 2.45) is 0 Å². The second-order valence-electron chi connectivity index (χ2n) is 4.41. The van der Waals surface area contributed by atoms with Crippen molar-refractivity contribution in [2.75, 3.05) is 0 Å². The molecule has 9 heteroatoms. The molecular weight excluding hydrogens is 298 g/mol.